The monoisotopic (exact) mass is 225 g/mol. The molecule has 0 spiro atoms. The third-order valence-electron chi connectivity index (χ3n) is 2.62. The van der Waals surface area contributed by atoms with E-state index in [-0.39, 0.29) is 23.0 Å². The summed E-state index contributed by atoms with van der Waals surface area (Å²) in [7, 11) is 0. The molecule has 1 aromatic rings. The summed E-state index contributed by atoms with van der Waals surface area (Å²) in [5.41, 5.74) is 6.87. The molecule has 90 valence electrons. The Bertz CT molecular complexity index is 357. The van der Waals surface area contributed by atoms with Crippen molar-refractivity contribution in [3.8, 4) is 5.75 Å². The number of halogens is 1. The summed E-state index contributed by atoms with van der Waals surface area (Å²) in [4.78, 5) is 0. The number of nitrogens with two attached hydrogens (primary N) is 1. The molecule has 0 heterocycles. The fourth-order valence-corrected chi connectivity index (χ4v) is 1.15. The van der Waals surface area contributed by atoms with Gasteiger partial charge in [0.25, 0.3) is 0 Å². The zero-order valence-electron chi connectivity index (χ0n) is 10.4. The van der Waals surface area contributed by atoms with Gasteiger partial charge in [-0.1, -0.05) is 26.8 Å². The molecule has 0 aromatic heterocycles. The summed E-state index contributed by atoms with van der Waals surface area (Å²) in [6.07, 6.45) is 0. The summed E-state index contributed by atoms with van der Waals surface area (Å²) < 4.78 is 18.8. The summed E-state index contributed by atoms with van der Waals surface area (Å²) >= 11 is 0. The van der Waals surface area contributed by atoms with Crippen LogP contribution >= 0.6 is 0 Å². The van der Waals surface area contributed by atoms with Crippen molar-refractivity contribution in [2.45, 2.75) is 33.7 Å². The second-order valence-corrected chi connectivity index (χ2v) is 5.22. The molecule has 1 rings (SSSR count). The van der Waals surface area contributed by atoms with Crippen molar-refractivity contribution < 1.29 is 9.13 Å². The van der Waals surface area contributed by atoms with Crippen LogP contribution in [0.15, 0.2) is 18.2 Å². The maximum absolute atomic E-state index is 13.4. The Hall–Kier alpha value is -1.09. The van der Waals surface area contributed by atoms with Crippen LogP contribution in [0.5, 0.6) is 5.75 Å². The second kappa shape index (κ2) is 4.83. The van der Waals surface area contributed by atoms with Crippen molar-refractivity contribution in [1.82, 2.24) is 0 Å². The average molecular weight is 225 g/mol. The molecule has 3 heteroatoms. The molecule has 0 amide bonds. The van der Waals surface area contributed by atoms with Crippen molar-refractivity contribution >= 4 is 0 Å². The smallest absolute Gasteiger partial charge is 0.165 e. The van der Waals surface area contributed by atoms with Gasteiger partial charge in [0.15, 0.2) is 11.6 Å². The average Bonchev–Trinajstić information content (AvgIpc) is 2.17. The molecule has 2 N–H and O–H groups in total. The summed E-state index contributed by atoms with van der Waals surface area (Å²) in [5.74, 6) is -0.0635. The molecular formula is C13H20FNO. The Balaban J connectivity index is 2.64. The molecule has 1 aromatic carbocycles. The Labute approximate surface area is 96.6 Å². The van der Waals surface area contributed by atoms with Crippen LogP contribution < -0.4 is 10.5 Å². The molecule has 0 radical (unpaired) electrons. The van der Waals surface area contributed by atoms with Crippen LogP contribution in [0.2, 0.25) is 0 Å². The lowest BCUT2D eigenvalue weighted by molar-refractivity contribution is 0.200. The third kappa shape index (κ3) is 3.49. The number of aryl methyl sites for hydroxylation is 1. The zero-order chi connectivity index (χ0) is 12.3. The van der Waals surface area contributed by atoms with Crippen molar-refractivity contribution in [3.63, 3.8) is 0 Å². The largest absolute Gasteiger partial charge is 0.489 e. The molecular weight excluding hydrogens is 205 g/mol. The summed E-state index contributed by atoms with van der Waals surface area (Å²) in [6, 6.07) is 4.69. The van der Waals surface area contributed by atoms with Gasteiger partial charge in [-0.3, -0.25) is 0 Å². The number of benzene rings is 1. The van der Waals surface area contributed by atoms with Gasteiger partial charge < -0.3 is 10.5 Å². The predicted molar refractivity (Wildman–Crippen MR) is 64.1 cm³/mol. The summed E-state index contributed by atoms with van der Waals surface area (Å²) in [6.45, 7) is 8.33. The molecule has 0 aliphatic carbocycles. The van der Waals surface area contributed by atoms with Gasteiger partial charge in [-0.05, 0) is 30.0 Å². The van der Waals surface area contributed by atoms with Crippen molar-refractivity contribution in [1.29, 1.82) is 0 Å². The minimum atomic E-state index is -0.341. The number of rotatable bonds is 3. The first-order valence-electron chi connectivity index (χ1n) is 5.45. The SMILES string of the molecule is Cc1ccc(F)c(OCC(N)C(C)(C)C)c1. The maximum Gasteiger partial charge on any atom is 0.165 e. The van der Waals surface area contributed by atoms with E-state index in [2.05, 4.69) is 0 Å². The number of hydrogen-bond acceptors (Lipinski definition) is 2. The van der Waals surface area contributed by atoms with Crippen LogP contribution in [0, 0.1) is 18.2 Å². The van der Waals surface area contributed by atoms with Crippen LogP contribution in [-0.4, -0.2) is 12.6 Å². The van der Waals surface area contributed by atoms with E-state index in [0.29, 0.717) is 6.61 Å². The van der Waals surface area contributed by atoms with Gasteiger partial charge in [-0.15, -0.1) is 0 Å². The van der Waals surface area contributed by atoms with Crippen LogP contribution in [-0.2, 0) is 0 Å². The molecule has 0 saturated carbocycles. The van der Waals surface area contributed by atoms with Crippen molar-refractivity contribution in [2.24, 2.45) is 11.1 Å². The van der Waals surface area contributed by atoms with E-state index in [4.69, 9.17) is 10.5 Å². The lowest BCUT2D eigenvalue weighted by atomic mass is 9.88. The molecule has 16 heavy (non-hydrogen) atoms. The van der Waals surface area contributed by atoms with Crippen molar-refractivity contribution in [3.05, 3.63) is 29.6 Å². The molecule has 0 aliphatic rings. The first-order chi connectivity index (χ1) is 7.30. The van der Waals surface area contributed by atoms with Crippen LogP contribution in [0.3, 0.4) is 0 Å². The highest BCUT2D eigenvalue weighted by Gasteiger charge is 2.21. The maximum atomic E-state index is 13.4. The normalized spacial score (nSPS) is 13.6. The highest BCUT2D eigenvalue weighted by Crippen LogP contribution is 2.21. The standard InChI is InChI=1S/C13H20FNO/c1-9-5-6-10(14)11(7-9)16-8-12(15)13(2,3)4/h5-7,12H,8,15H2,1-4H3. The van der Waals surface area contributed by atoms with E-state index >= 15 is 0 Å². The minimum Gasteiger partial charge on any atom is -0.489 e. The van der Waals surface area contributed by atoms with Gasteiger partial charge in [0.1, 0.15) is 6.61 Å². The summed E-state index contributed by atoms with van der Waals surface area (Å²) in [5, 5.41) is 0. The van der Waals surface area contributed by atoms with E-state index in [1.807, 2.05) is 27.7 Å². The number of hydrogen-bond donors (Lipinski definition) is 1. The molecule has 1 atom stereocenters. The Morgan fingerprint density at radius 3 is 2.56 bits per heavy atom. The first kappa shape index (κ1) is 13.0. The van der Waals surface area contributed by atoms with Crippen LogP contribution in [0.1, 0.15) is 26.3 Å². The minimum absolute atomic E-state index is 0.0414. The Morgan fingerprint density at radius 1 is 1.38 bits per heavy atom. The van der Waals surface area contributed by atoms with Gasteiger partial charge in [-0.2, -0.15) is 0 Å². The van der Waals surface area contributed by atoms with Crippen molar-refractivity contribution in [2.75, 3.05) is 6.61 Å². The van der Waals surface area contributed by atoms with E-state index in [0.717, 1.165) is 5.56 Å². The van der Waals surface area contributed by atoms with E-state index in [9.17, 15) is 4.39 Å². The second-order valence-electron chi connectivity index (χ2n) is 5.22. The Kier molecular flexibility index (Phi) is 3.92. The molecule has 0 fully saturated rings. The molecule has 0 bridgehead atoms. The third-order valence-corrected chi connectivity index (χ3v) is 2.62. The van der Waals surface area contributed by atoms with E-state index in [1.165, 1.54) is 6.07 Å². The Morgan fingerprint density at radius 2 is 2.00 bits per heavy atom. The quantitative estimate of drug-likeness (QED) is 0.858. The number of ether oxygens (including phenoxy) is 1. The fourth-order valence-electron chi connectivity index (χ4n) is 1.15. The van der Waals surface area contributed by atoms with Gasteiger partial charge in [0.2, 0.25) is 0 Å². The van der Waals surface area contributed by atoms with Gasteiger partial charge in [-0.25, -0.2) is 4.39 Å². The molecule has 0 aliphatic heterocycles. The lowest BCUT2D eigenvalue weighted by Crippen LogP contribution is -2.40. The van der Waals surface area contributed by atoms with Gasteiger partial charge in [0, 0.05) is 6.04 Å². The highest BCUT2D eigenvalue weighted by molar-refractivity contribution is 5.29. The van der Waals surface area contributed by atoms with Crippen LogP contribution in [0.4, 0.5) is 4.39 Å². The van der Waals surface area contributed by atoms with Gasteiger partial charge >= 0.3 is 0 Å². The van der Waals surface area contributed by atoms with Gasteiger partial charge in [0.05, 0.1) is 0 Å². The highest BCUT2D eigenvalue weighted by atomic mass is 19.1. The van der Waals surface area contributed by atoms with E-state index < -0.39 is 0 Å². The topological polar surface area (TPSA) is 35.2 Å². The lowest BCUT2D eigenvalue weighted by Gasteiger charge is -2.26. The first-order valence-corrected chi connectivity index (χ1v) is 5.45. The molecule has 0 saturated heterocycles. The van der Waals surface area contributed by atoms with Crippen LogP contribution in [0.25, 0.3) is 0 Å². The molecule has 2 nitrogen and oxygen atoms in total. The molecule has 1 unspecified atom stereocenters. The predicted octanol–water partition coefficient (Wildman–Crippen LogP) is 2.89. The van der Waals surface area contributed by atoms with E-state index in [1.54, 1.807) is 12.1 Å². The fraction of sp³-hybridized carbons (Fsp3) is 0.538. The zero-order valence-corrected chi connectivity index (χ0v) is 10.4.